The molecule has 0 aliphatic rings. The lowest BCUT2D eigenvalue weighted by atomic mass is 10.1. The number of benzene rings is 2. The van der Waals surface area contributed by atoms with Crippen LogP contribution in [-0.4, -0.2) is 26.2 Å². The molecule has 0 aromatic heterocycles. The Balaban J connectivity index is 2.33. The van der Waals surface area contributed by atoms with Gasteiger partial charge in [0.1, 0.15) is 5.75 Å². The van der Waals surface area contributed by atoms with Gasteiger partial charge in [0.2, 0.25) is 0 Å². The minimum atomic E-state index is -0.365. The van der Waals surface area contributed by atoms with Crippen molar-refractivity contribution >= 4 is 34.8 Å². The van der Waals surface area contributed by atoms with Gasteiger partial charge in [0.25, 0.3) is 5.91 Å². The number of hydrogen-bond acceptors (Lipinski definition) is 4. The van der Waals surface area contributed by atoms with Crippen LogP contribution >= 0.6 is 23.2 Å². The summed E-state index contributed by atoms with van der Waals surface area (Å²) in [5, 5.41) is 3.57. The standard InChI is InChI=1S/C19H21Cl2NO4/c1-4-8-26-18-14(21)9-12(10-17(18)25-5-2)19(23)22-15-11-13(20)6-7-16(15)24-3/h6-7,9-11H,4-5,8H2,1-3H3,(H,22,23). The average Bonchev–Trinajstić information content (AvgIpc) is 2.61. The molecule has 5 nitrogen and oxygen atoms in total. The summed E-state index contributed by atoms with van der Waals surface area (Å²) in [6.45, 7) is 4.77. The van der Waals surface area contributed by atoms with Crippen molar-refractivity contribution in [1.82, 2.24) is 0 Å². The van der Waals surface area contributed by atoms with E-state index in [1.54, 1.807) is 30.3 Å². The highest BCUT2D eigenvalue weighted by Gasteiger charge is 2.17. The number of ether oxygens (including phenoxy) is 3. The van der Waals surface area contributed by atoms with E-state index in [4.69, 9.17) is 37.4 Å². The molecule has 0 heterocycles. The molecular weight excluding hydrogens is 377 g/mol. The van der Waals surface area contributed by atoms with Gasteiger partial charge in [-0.3, -0.25) is 4.79 Å². The average molecular weight is 398 g/mol. The fourth-order valence-electron chi connectivity index (χ4n) is 2.28. The number of methoxy groups -OCH3 is 1. The predicted molar refractivity (Wildman–Crippen MR) is 104 cm³/mol. The van der Waals surface area contributed by atoms with Crippen LogP contribution in [0.2, 0.25) is 10.0 Å². The number of carbonyl (C=O) groups is 1. The molecule has 2 aromatic carbocycles. The number of amides is 1. The lowest BCUT2D eigenvalue weighted by Gasteiger charge is -2.15. The zero-order chi connectivity index (χ0) is 19.1. The van der Waals surface area contributed by atoms with Crippen LogP contribution in [-0.2, 0) is 0 Å². The van der Waals surface area contributed by atoms with Gasteiger partial charge in [0.15, 0.2) is 11.5 Å². The summed E-state index contributed by atoms with van der Waals surface area (Å²) in [4.78, 5) is 12.7. The van der Waals surface area contributed by atoms with Gasteiger partial charge in [-0.1, -0.05) is 30.1 Å². The minimum Gasteiger partial charge on any atom is -0.495 e. The zero-order valence-corrected chi connectivity index (χ0v) is 16.4. The molecule has 0 atom stereocenters. The molecule has 0 aliphatic heterocycles. The summed E-state index contributed by atoms with van der Waals surface area (Å²) in [6.07, 6.45) is 0.832. The number of halogens is 2. The van der Waals surface area contributed by atoms with Gasteiger partial charge >= 0.3 is 0 Å². The maximum Gasteiger partial charge on any atom is 0.255 e. The second-order valence-corrected chi connectivity index (χ2v) is 6.21. The molecule has 0 saturated heterocycles. The lowest BCUT2D eigenvalue weighted by Crippen LogP contribution is -2.13. The monoisotopic (exact) mass is 397 g/mol. The van der Waals surface area contributed by atoms with Gasteiger partial charge in [0, 0.05) is 10.6 Å². The van der Waals surface area contributed by atoms with Crippen LogP contribution in [0.5, 0.6) is 17.2 Å². The molecule has 0 spiro atoms. The summed E-state index contributed by atoms with van der Waals surface area (Å²) in [5.41, 5.74) is 0.801. The van der Waals surface area contributed by atoms with Gasteiger partial charge in [-0.15, -0.1) is 0 Å². The highest BCUT2D eigenvalue weighted by molar-refractivity contribution is 6.33. The third-order valence-electron chi connectivity index (χ3n) is 3.43. The number of carbonyl (C=O) groups excluding carboxylic acids is 1. The molecule has 2 rings (SSSR count). The summed E-state index contributed by atoms with van der Waals surface area (Å²) in [5.74, 6) is 1.00. The van der Waals surface area contributed by atoms with E-state index in [1.807, 2.05) is 13.8 Å². The van der Waals surface area contributed by atoms with Crippen LogP contribution in [0.3, 0.4) is 0 Å². The quantitative estimate of drug-likeness (QED) is 0.643. The van der Waals surface area contributed by atoms with E-state index >= 15 is 0 Å². The molecule has 26 heavy (non-hydrogen) atoms. The highest BCUT2D eigenvalue weighted by Crippen LogP contribution is 2.37. The molecule has 0 saturated carbocycles. The number of nitrogens with one attached hydrogen (secondary N) is 1. The van der Waals surface area contributed by atoms with Crippen molar-refractivity contribution in [2.24, 2.45) is 0 Å². The normalized spacial score (nSPS) is 10.3. The van der Waals surface area contributed by atoms with Crippen LogP contribution < -0.4 is 19.5 Å². The summed E-state index contributed by atoms with van der Waals surface area (Å²) in [6, 6.07) is 8.12. The van der Waals surface area contributed by atoms with E-state index in [0.29, 0.717) is 51.8 Å². The van der Waals surface area contributed by atoms with Gasteiger partial charge < -0.3 is 19.5 Å². The van der Waals surface area contributed by atoms with Crippen molar-refractivity contribution in [2.45, 2.75) is 20.3 Å². The van der Waals surface area contributed by atoms with E-state index in [2.05, 4.69) is 5.32 Å². The fraction of sp³-hybridized carbons (Fsp3) is 0.316. The van der Waals surface area contributed by atoms with Crippen LogP contribution in [0.15, 0.2) is 30.3 Å². The molecule has 0 bridgehead atoms. The Morgan fingerprint density at radius 3 is 2.50 bits per heavy atom. The van der Waals surface area contributed by atoms with Crippen molar-refractivity contribution in [1.29, 1.82) is 0 Å². The first-order chi connectivity index (χ1) is 12.5. The first-order valence-corrected chi connectivity index (χ1v) is 8.99. The Morgan fingerprint density at radius 1 is 1.08 bits per heavy atom. The van der Waals surface area contributed by atoms with Crippen molar-refractivity contribution in [3.05, 3.63) is 45.9 Å². The lowest BCUT2D eigenvalue weighted by molar-refractivity contribution is 0.102. The Labute approximate surface area is 163 Å². The number of rotatable bonds is 8. The van der Waals surface area contributed by atoms with Gasteiger partial charge in [0.05, 0.1) is 31.0 Å². The third kappa shape index (κ3) is 4.96. The number of hydrogen-bond donors (Lipinski definition) is 1. The van der Waals surface area contributed by atoms with Crippen molar-refractivity contribution < 1.29 is 19.0 Å². The van der Waals surface area contributed by atoms with Crippen LogP contribution in [0.1, 0.15) is 30.6 Å². The Kier molecular flexibility index (Phi) is 7.42. The molecule has 1 amide bonds. The maximum atomic E-state index is 12.7. The third-order valence-corrected chi connectivity index (χ3v) is 3.95. The number of anilines is 1. The van der Waals surface area contributed by atoms with E-state index < -0.39 is 0 Å². The smallest absolute Gasteiger partial charge is 0.255 e. The highest BCUT2D eigenvalue weighted by atomic mass is 35.5. The predicted octanol–water partition coefficient (Wildman–Crippen LogP) is 5.44. The van der Waals surface area contributed by atoms with Gasteiger partial charge in [-0.2, -0.15) is 0 Å². The fourth-order valence-corrected chi connectivity index (χ4v) is 2.72. The van der Waals surface area contributed by atoms with Crippen LogP contribution in [0, 0.1) is 0 Å². The zero-order valence-electron chi connectivity index (χ0n) is 14.9. The maximum absolute atomic E-state index is 12.7. The van der Waals surface area contributed by atoms with E-state index in [9.17, 15) is 4.79 Å². The Bertz CT molecular complexity index is 780. The van der Waals surface area contributed by atoms with Crippen molar-refractivity contribution in [3.63, 3.8) is 0 Å². The Morgan fingerprint density at radius 2 is 1.85 bits per heavy atom. The second kappa shape index (κ2) is 9.55. The minimum absolute atomic E-state index is 0.313. The largest absolute Gasteiger partial charge is 0.495 e. The topological polar surface area (TPSA) is 56.8 Å². The molecule has 0 radical (unpaired) electrons. The molecule has 2 aromatic rings. The van der Waals surface area contributed by atoms with Gasteiger partial charge in [-0.25, -0.2) is 0 Å². The molecule has 0 aliphatic carbocycles. The summed E-state index contributed by atoms with van der Waals surface area (Å²) in [7, 11) is 1.52. The molecular formula is C19H21Cl2NO4. The first-order valence-electron chi connectivity index (χ1n) is 8.24. The SMILES string of the molecule is CCCOc1c(Cl)cc(C(=O)Nc2cc(Cl)ccc2OC)cc1OCC. The first kappa shape index (κ1) is 20.2. The molecule has 140 valence electrons. The van der Waals surface area contributed by atoms with Crippen molar-refractivity contribution in [3.8, 4) is 17.2 Å². The van der Waals surface area contributed by atoms with Gasteiger partial charge in [-0.05, 0) is 43.7 Å². The van der Waals surface area contributed by atoms with Crippen molar-refractivity contribution in [2.75, 3.05) is 25.6 Å². The van der Waals surface area contributed by atoms with E-state index in [0.717, 1.165) is 6.42 Å². The molecule has 0 unspecified atom stereocenters. The van der Waals surface area contributed by atoms with E-state index in [-0.39, 0.29) is 5.91 Å². The summed E-state index contributed by atoms with van der Waals surface area (Å²) >= 11 is 12.3. The molecule has 1 N–H and O–H groups in total. The second-order valence-electron chi connectivity index (χ2n) is 5.37. The van der Waals surface area contributed by atoms with Crippen LogP contribution in [0.25, 0.3) is 0 Å². The Hall–Kier alpha value is -2.11. The van der Waals surface area contributed by atoms with Crippen LogP contribution in [0.4, 0.5) is 5.69 Å². The van der Waals surface area contributed by atoms with E-state index in [1.165, 1.54) is 7.11 Å². The summed E-state index contributed by atoms with van der Waals surface area (Å²) < 4.78 is 16.5. The molecule has 7 heteroatoms. The molecule has 0 fully saturated rings.